The van der Waals surface area contributed by atoms with E-state index in [2.05, 4.69) is 12.2 Å². The van der Waals surface area contributed by atoms with Gasteiger partial charge < -0.3 is 20.1 Å². The van der Waals surface area contributed by atoms with E-state index in [1.54, 1.807) is 4.90 Å². The molecule has 1 aliphatic rings. The van der Waals surface area contributed by atoms with E-state index in [4.69, 9.17) is 4.74 Å². The molecule has 0 aromatic carbocycles. The number of nitrogens with zero attached hydrogens (tertiary/aromatic N) is 1. The van der Waals surface area contributed by atoms with Crippen LogP contribution in [0.25, 0.3) is 0 Å². The summed E-state index contributed by atoms with van der Waals surface area (Å²) < 4.78 is 5.38. The minimum Gasteiger partial charge on any atom is -0.481 e. The van der Waals surface area contributed by atoms with Crippen LogP contribution in [0.4, 0.5) is 4.79 Å². The van der Waals surface area contributed by atoms with Gasteiger partial charge in [0.2, 0.25) is 0 Å². The van der Waals surface area contributed by atoms with Crippen LogP contribution in [0.1, 0.15) is 46.0 Å². The number of carboxylic acids is 1. The Labute approximate surface area is 126 Å². The van der Waals surface area contributed by atoms with Gasteiger partial charge in [0.1, 0.15) is 0 Å². The Hall–Kier alpha value is -1.30. The van der Waals surface area contributed by atoms with E-state index in [0.717, 1.165) is 19.4 Å². The molecule has 1 fully saturated rings. The van der Waals surface area contributed by atoms with E-state index < -0.39 is 11.4 Å². The van der Waals surface area contributed by atoms with Crippen LogP contribution in [0.15, 0.2) is 0 Å². The number of hydrogen-bond donors (Lipinski definition) is 2. The predicted octanol–water partition coefficient (Wildman–Crippen LogP) is 2.09. The SMILES string of the molecule is CCCCOCCNC(=O)N1CCC(CC)(C(=O)O)CC1. The van der Waals surface area contributed by atoms with E-state index in [0.29, 0.717) is 45.5 Å². The Morgan fingerprint density at radius 3 is 2.43 bits per heavy atom. The second-order valence-electron chi connectivity index (χ2n) is 5.62. The lowest BCUT2D eigenvalue weighted by Crippen LogP contribution is -2.49. The maximum absolute atomic E-state index is 12.0. The smallest absolute Gasteiger partial charge is 0.317 e. The van der Waals surface area contributed by atoms with Crippen LogP contribution >= 0.6 is 0 Å². The molecule has 2 amide bonds. The van der Waals surface area contributed by atoms with Crippen molar-refractivity contribution >= 4 is 12.0 Å². The highest BCUT2D eigenvalue weighted by Crippen LogP contribution is 2.35. The van der Waals surface area contributed by atoms with Crippen LogP contribution in [0.2, 0.25) is 0 Å². The fraction of sp³-hybridized carbons (Fsp3) is 0.867. The van der Waals surface area contributed by atoms with Gasteiger partial charge in [0.15, 0.2) is 0 Å². The quantitative estimate of drug-likeness (QED) is 0.673. The number of aliphatic carboxylic acids is 1. The van der Waals surface area contributed by atoms with E-state index >= 15 is 0 Å². The van der Waals surface area contributed by atoms with Crippen molar-refractivity contribution in [1.82, 2.24) is 10.2 Å². The van der Waals surface area contributed by atoms with Gasteiger partial charge in [-0.2, -0.15) is 0 Å². The summed E-state index contributed by atoms with van der Waals surface area (Å²) in [5.41, 5.74) is -0.653. The van der Waals surface area contributed by atoms with Gasteiger partial charge in [0, 0.05) is 26.2 Å². The molecule has 1 heterocycles. The average molecular weight is 300 g/mol. The molecule has 0 aliphatic carbocycles. The largest absolute Gasteiger partial charge is 0.481 e. The Morgan fingerprint density at radius 2 is 1.90 bits per heavy atom. The van der Waals surface area contributed by atoms with Crippen LogP contribution in [0.3, 0.4) is 0 Å². The van der Waals surface area contributed by atoms with Crippen LogP contribution < -0.4 is 5.32 Å². The summed E-state index contributed by atoms with van der Waals surface area (Å²) in [4.78, 5) is 25.0. The van der Waals surface area contributed by atoms with Gasteiger partial charge in [-0.25, -0.2) is 4.79 Å². The molecule has 0 atom stereocenters. The average Bonchev–Trinajstić information content (AvgIpc) is 2.50. The van der Waals surface area contributed by atoms with Crippen molar-refractivity contribution in [2.45, 2.75) is 46.0 Å². The molecule has 21 heavy (non-hydrogen) atoms. The third-order valence-electron chi connectivity index (χ3n) is 4.30. The highest BCUT2D eigenvalue weighted by atomic mass is 16.5. The van der Waals surface area contributed by atoms with Gasteiger partial charge in [-0.15, -0.1) is 0 Å². The van der Waals surface area contributed by atoms with Crippen molar-refractivity contribution in [2.75, 3.05) is 32.8 Å². The molecule has 1 aliphatic heterocycles. The number of carbonyl (C=O) groups is 2. The van der Waals surface area contributed by atoms with Crippen LogP contribution in [0, 0.1) is 5.41 Å². The van der Waals surface area contributed by atoms with Crippen LogP contribution in [-0.2, 0) is 9.53 Å². The minimum atomic E-state index is -0.741. The number of nitrogens with one attached hydrogen (secondary N) is 1. The molecule has 122 valence electrons. The highest BCUT2D eigenvalue weighted by Gasteiger charge is 2.40. The second kappa shape index (κ2) is 8.87. The van der Waals surface area contributed by atoms with Gasteiger partial charge in [-0.1, -0.05) is 20.3 Å². The van der Waals surface area contributed by atoms with Crippen molar-refractivity contribution < 1.29 is 19.4 Å². The van der Waals surface area contributed by atoms with E-state index in [-0.39, 0.29) is 6.03 Å². The topological polar surface area (TPSA) is 78.9 Å². The summed E-state index contributed by atoms with van der Waals surface area (Å²) in [6, 6.07) is -0.121. The molecule has 0 aromatic heterocycles. The fourth-order valence-electron chi connectivity index (χ4n) is 2.55. The Kier molecular flexibility index (Phi) is 7.50. The molecule has 0 saturated carbocycles. The maximum Gasteiger partial charge on any atom is 0.317 e. The Morgan fingerprint density at radius 1 is 1.24 bits per heavy atom. The Bertz CT molecular complexity index is 339. The molecule has 0 radical (unpaired) electrons. The number of carbonyl (C=O) groups excluding carboxylic acids is 1. The molecular weight excluding hydrogens is 272 g/mol. The number of amides is 2. The third-order valence-corrected chi connectivity index (χ3v) is 4.30. The normalized spacial score (nSPS) is 17.5. The van der Waals surface area contributed by atoms with E-state index in [1.165, 1.54) is 0 Å². The summed E-state index contributed by atoms with van der Waals surface area (Å²) in [6.07, 6.45) is 3.80. The fourth-order valence-corrected chi connectivity index (χ4v) is 2.55. The number of carboxylic acid groups (broad SMARTS) is 1. The lowest BCUT2D eigenvalue weighted by Gasteiger charge is -2.38. The summed E-state index contributed by atoms with van der Waals surface area (Å²) in [7, 11) is 0. The molecule has 0 unspecified atom stereocenters. The molecule has 0 bridgehead atoms. The molecule has 0 spiro atoms. The number of hydrogen-bond acceptors (Lipinski definition) is 3. The van der Waals surface area contributed by atoms with Crippen molar-refractivity contribution in [3.8, 4) is 0 Å². The van der Waals surface area contributed by atoms with E-state index in [9.17, 15) is 14.7 Å². The number of urea groups is 1. The summed E-state index contributed by atoms with van der Waals surface area (Å²) in [6.45, 7) is 6.76. The number of likely N-dealkylation sites (tertiary alicyclic amines) is 1. The molecule has 2 N–H and O–H groups in total. The zero-order chi connectivity index (χ0) is 15.7. The number of unbranched alkanes of at least 4 members (excludes halogenated alkanes) is 1. The van der Waals surface area contributed by atoms with Crippen LogP contribution in [-0.4, -0.2) is 54.9 Å². The minimum absolute atomic E-state index is 0.121. The van der Waals surface area contributed by atoms with Gasteiger partial charge in [0.25, 0.3) is 0 Å². The lowest BCUT2D eigenvalue weighted by atomic mass is 9.76. The van der Waals surface area contributed by atoms with Crippen molar-refractivity contribution in [2.24, 2.45) is 5.41 Å². The first kappa shape index (κ1) is 17.8. The number of piperidine rings is 1. The van der Waals surface area contributed by atoms with E-state index in [1.807, 2.05) is 6.92 Å². The maximum atomic E-state index is 12.0. The predicted molar refractivity (Wildman–Crippen MR) is 80.3 cm³/mol. The van der Waals surface area contributed by atoms with Crippen molar-refractivity contribution in [1.29, 1.82) is 0 Å². The molecule has 6 nitrogen and oxygen atoms in total. The monoisotopic (exact) mass is 300 g/mol. The Balaban J connectivity index is 2.24. The number of rotatable bonds is 8. The van der Waals surface area contributed by atoms with Gasteiger partial charge in [-0.05, 0) is 25.7 Å². The van der Waals surface area contributed by atoms with Gasteiger partial charge in [0.05, 0.1) is 12.0 Å². The zero-order valence-corrected chi connectivity index (χ0v) is 13.2. The van der Waals surface area contributed by atoms with Crippen molar-refractivity contribution in [3.05, 3.63) is 0 Å². The van der Waals surface area contributed by atoms with Gasteiger partial charge in [-0.3, -0.25) is 4.79 Å². The molecular formula is C15H28N2O4. The standard InChI is InChI=1S/C15H28N2O4/c1-3-5-11-21-12-8-16-14(20)17-9-6-15(4-2,7-10-17)13(18)19/h3-12H2,1-2H3,(H,16,20)(H,18,19). The lowest BCUT2D eigenvalue weighted by molar-refractivity contribution is -0.151. The number of ether oxygens (including phenoxy) is 1. The first-order valence-corrected chi connectivity index (χ1v) is 7.89. The highest BCUT2D eigenvalue weighted by molar-refractivity contribution is 5.77. The molecule has 1 saturated heterocycles. The van der Waals surface area contributed by atoms with Crippen molar-refractivity contribution in [3.63, 3.8) is 0 Å². The molecule has 0 aromatic rings. The first-order valence-electron chi connectivity index (χ1n) is 7.89. The first-order chi connectivity index (χ1) is 10.1. The molecule has 1 rings (SSSR count). The molecule has 6 heteroatoms. The van der Waals surface area contributed by atoms with Crippen LogP contribution in [0.5, 0.6) is 0 Å². The second-order valence-corrected chi connectivity index (χ2v) is 5.62. The zero-order valence-electron chi connectivity index (χ0n) is 13.2. The van der Waals surface area contributed by atoms with Gasteiger partial charge >= 0.3 is 12.0 Å². The summed E-state index contributed by atoms with van der Waals surface area (Å²) >= 11 is 0. The summed E-state index contributed by atoms with van der Waals surface area (Å²) in [5.74, 6) is -0.741. The summed E-state index contributed by atoms with van der Waals surface area (Å²) in [5, 5.41) is 12.1. The third kappa shape index (κ3) is 5.19.